The molecule has 4 rings (SSSR count). The summed E-state index contributed by atoms with van der Waals surface area (Å²) in [7, 11) is 0. The fourth-order valence-electron chi connectivity index (χ4n) is 3.37. The molecule has 2 unspecified atom stereocenters. The van der Waals surface area contributed by atoms with Crippen molar-refractivity contribution in [2.45, 2.75) is 24.9 Å². The van der Waals surface area contributed by atoms with Crippen molar-refractivity contribution in [3.63, 3.8) is 0 Å². The highest BCUT2D eigenvalue weighted by molar-refractivity contribution is 6.31. The Morgan fingerprint density at radius 3 is 2.88 bits per heavy atom. The van der Waals surface area contributed by atoms with Gasteiger partial charge < -0.3 is 5.11 Å². The predicted octanol–water partition coefficient (Wildman–Crippen LogP) is 2.83. The number of halogens is 1. The Labute approximate surface area is 104 Å². The van der Waals surface area contributed by atoms with Gasteiger partial charge in [-0.15, -0.1) is 0 Å². The third-order valence-corrected chi connectivity index (χ3v) is 4.50. The molecule has 3 nitrogen and oxygen atoms in total. The van der Waals surface area contributed by atoms with E-state index >= 15 is 0 Å². The van der Waals surface area contributed by atoms with Crippen LogP contribution in [0, 0.1) is 11.8 Å². The number of hydrogen-bond acceptors (Lipinski definition) is 2. The van der Waals surface area contributed by atoms with E-state index in [4.69, 9.17) is 11.6 Å². The average molecular weight is 249 g/mol. The summed E-state index contributed by atoms with van der Waals surface area (Å²) in [5.74, 6) is 1.44. The van der Waals surface area contributed by atoms with Crippen LogP contribution in [0.15, 0.2) is 18.3 Å². The first-order valence-electron chi connectivity index (χ1n) is 6.01. The molecule has 17 heavy (non-hydrogen) atoms. The summed E-state index contributed by atoms with van der Waals surface area (Å²) in [6, 6.07) is 3.76. The van der Waals surface area contributed by atoms with Gasteiger partial charge in [0.05, 0.1) is 17.3 Å². The Balaban J connectivity index is 1.92. The number of benzene rings is 1. The van der Waals surface area contributed by atoms with E-state index < -0.39 is 5.60 Å². The first kappa shape index (κ1) is 9.92. The fraction of sp³-hybridized carbons (Fsp3) is 0.462. The molecule has 2 saturated carbocycles. The lowest BCUT2D eigenvalue weighted by Gasteiger charge is -2.25. The van der Waals surface area contributed by atoms with Gasteiger partial charge in [-0.2, -0.15) is 5.10 Å². The normalized spacial score (nSPS) is 35.2. The first-order chi connectivity index (χ1) is 8.16. The maximum absolute atomic E-state index is 10.8. The van der Waals surface area contributed by atoms with E-state index in [2.05, 4.69) is 10.2 Å². The van der Waals surface area contributed by atoms with Gasteiger partial charge in [0.25, 0.3) is 0 Å². The van der Waals surface area contributed by atoms with Gasteiger partial charge in [0, 0.05) is 16.0 Å². The number of hydrogen-bond donors (Lipinski definition) is 2. The van der Waals surface area contributed by atoms with Crippen molar-refractivity contribution in [3.05, 3.63) is 28.9 Å². The smallest absolute Gasteiger partial charge is 0.0923 e. The van der Waals surface area contributed by atoms with Crippen molar-refractivity contribution in [1.29, 1.82) is 0 Å². The molecular formula is C13H13ClN2O. The van der Waals surface area contributed by atoms with Crippen LogP contribution in [-0.4, -0.2) is 15.3 Å². The van der Waals surface area contributed by atoms with Crippen molar-refractivity contribution in [3.8, 4) is 0 Å². The van der Waals surface area contributed by atoms with Crippen LogP contribution in [0.3, 0.4) is 0 Å². The average Bonchev–Trinajstić information content (AvgIpc) is 2.75. The van der Waals surface area contributed by atoms with Gasteiger partial charge in [-0.3, -0.25) is 5.10 Å². The van der Waals surface area contributed by atoms with Crippen LogP contribution in [-0.2, 0) is 5.60 Å². The molecule has 0 saturated heterocycles. The van der Waals surface area contributed by atoms with Crippen molar-refractivity contribution in [2.75, 3.05) is 0 Å². The zero-order valence-corrected chi connectivity index (χ0v) is 10.0. The number of rotatable bonds is 1. The van der Waals surface area contributed by atoms with Crippen LogP contribution in [0.2, 0.25) is 5.02 Å². The van der Waals surface area contributed by atoms with Crippen molar-refractivity contribution < 1.29 is 5.11 Å². The molecule has 1 aromatic carbocycles. The summed E-state index contributed by atoms with van der Waals surface area (Å²) >= 11 is 6.12. The minimum absolute atomic E-state index is 0.669. The quantitative estimate of drug-likeness (QED) is 0.815. The second kappa shape index (κ2) is 3.03. The molecule has 1 aromatic heterocycles. The monoisotopic (exact) mass is 248 g/mol. The molecular weight excluding hydrogens is 236 g/mol. The lowest BCUT2D eigenvalue weighted by atomic mass is 9.88. The van der Waals surface area contributed by atoms with Crippen molar-refractivity contribution >= 4 is 22.5 Å². The molecule has 88 valence electrons. The van der Waals surface area contributed by atoms with Gasteiger partial charge in [-0.25, -0.2) is 0 Å². The zero-order valence-electron chi connectivity index (χ0n) is 9.28. The van der Waals surface area contributed by atoms with Crippen molar-refractivity contribution in [1.82, 2.24) is 10.2 Å². The SMILES string of the molecule is OC1(c2cc(Cl)cc3cn[nH]c23)CC2CC2C1. The molecule has 2 aliphatic rings. The summed E-state index contributed by atoms with van der Waals surface area (Å²) < 4.78 is 0. The second-order valence-corrected chi connectivity index (χ2v) is 5.92. The number of nitrogens with one attached hydrogen (secondary N) is 1. The van der Waals surface area contributed by atoms with Gasteiger partial charge in [0.15, 0.2) is 0 Å². The third kappa shape index (κ3) is 1.36. The van der Waals surface area contributed by atoms with E-state index in [0.29, 0.717) is 5.02 Å². The molecule has 2 N–H and O–H groups in total. The maximum atomic E-state index is 10.8. The Kier molecular flexibility index (Phi) is 1.77. The van der Waals surface area contributed by atoms with E-state index in [-0.39, 0.29) is 0 Å². The molecule has 2 aromatic rings. The number of aromatic amines is 1. The maximum Gasteiger partial charge on any atom is 0.0923 e. The summed E-state index contributed by atoms with van der Waals surface area (Å²) in [5.41, 5.74) is 1.14. The molecule has 0 aliphatic heterocycles. The Morgan fingerprint density at radius 2 is 2.12 bits per heavy atom. The molecule has 0 radical (unpaired) electrons. The molecule has 0 spiro atoms. The number of aliphatic hydroxyl groups is 1. The highest BCUT2D eigenvalue weighted by Crippen LogP contribution is 2.60. The van der Waals surface area contributed by atoms with Gasteiger partial charge in [-0.05, 0) is 43.2 Å². The van der Waals surface area contributed by atoms with Crippen LogP contribution in [0.25, 0.3) is 10.9 Å². The first-order valence-corrected chi connectivity index (χ1v) is 6.39. The summed E-state index contributed by atoms with van der Waals surface area (Å²) in [5, 5.41) is 19.5. The molecule has 2 aliphatic carbocycles. The number of nitrogens with zero attached hydrogens (tertiary/aromatic N) is 1. The minimum Gasteiger partial charge on any atom is -0.385 e. The van der Waals surface area contributed by atoms with E-state index in [1.807, 2.05) is 12.1 Å². The summed E-state index contributed by atoms with van der Waals surface area (Å²) in [6.07, 6.45) is 4.77. The van der Waals surface area contributed by atoms with Crippen LogP contribution < -0.4 is 0 Å². The molecule has 0 bridgehead atoms. The van der Waals surface area contributed by atoms with Gasteiger partial charge in [-0.1, -0.05) is 11.6 Å². The minimum atomic E-state index is -0.705. The molecule has 2 fully saturated rings. The molecule has 0 amide bonds. The highest BCUT2D eigenvalue weighted by Gasteiger charge is 2.54. The van der Waals surface area contributed by atoms with Gasteiger partial charge in [0.1, 0.15) is 0 Å². The molecule has 1 heterocycles. The van der Waals surface area contributed by atoms with E-state index in [9.17, 15) is 5.11 Å². The fourth-order valence-corrected chi connectivity index (χ4v) is 3.60. The summed E-state index contributed by atoms with van der Waals surface area (Å²) in [4.78, 5) is 0. The van der Waals surface area contributed by atoms with Gasteiger partial charge in [0.2, 0.25) is 0 Å². The van der Waals surface area contributed by atoms with Crippen LogP contribution in [0.5, 0.6) is 0 Å². The standard InChI is InChI=1S/C13H13ClN2O/c14-10-2-9-6-15-16-12(9)11(3-10)13(17)4-7-1-8(7)5-13/h2-3,6-8,17H,1,4-5H2,(H,15,16). The number of fused-ring (bicyclic) bond motifs is 2. The van der Waals surface area contributed by atoms with E-state index in [0.717, 1.165) is 41.1 Å². The Hall–Kier alpha value is -1.06. The zero-order chi connectivity index (χ0) is 11.6. The highest BCUT2D eigenvalue weighted by atomic mass is 35.5. The largest absolute Gasteiger partial charge is 0.385 e. The molecule has 2 atom stereocenters. The second-order valence-electron chi connectivity index (χ2n) is 5.48. The topological polar surface area (TPSA) is 48.9 Å². The number of aromatic nitrogens is 2. The summed E-state index contributed by atoms with van der Waals surface area (Å²) in [6.45, 7) is 0. The third-order valence-electron chi connectivity index (χ3n) is 4.28. The molecule has 4 heteroatoms. The van der Waals surface area contributed by atoms with E-state index in [1.54, 1.807) is 6.20 Å². The van der Waals surface area contributed by atoms with Crippen molar-refractivity contribution in [2.24, 2.45) is 11.8 Å². The van der Waals surface area contributed by atoms with Crippen LogP contribution in [0.1, 0.15) is 24.8 Å². The Bertz CT molecular complexity index is 596. The predicted molar refractivity (Wildman–Crippen MR) is 65.8 cm³/mol. The lowest BCUT2D eigenvalue weighted by Crippen LogP contribution is -2.23. The van der Waals surface area contributed by atoms with Gasteiger partial charge >= 0.3 is 0 Å². The lowest BCUT2D eigenvalue weighted by molar-refractivity contribution is 0.0325. The van der Waals surface area contributed by atoms with Crippen LogP contribution >= 0.6 is 11.6 Å². The van der Waals surface area contributed by atoms with E-state index in [1.165, 1.54) is 6.42 Å². The Morgan fingerprint density at radius 1 is 1.35 bits per heavy atom. The number of H-pyrrole nitrogens is 1. The van der Waals surface area contributed by atoms with Crippen LogP contribution in [0.4, 0.5) is 0 Å².